The summed E-state index contributed by atoms with van der Waals surface area (Å²) in [5, 5.41) is 3.02. The number of aromatic nitrogens is 2. The van der Waals surface area contributed by atoms with Crippen LogP contribution in [0.4, 0.5) is 5.69 Å². The third-order valence-corrected chi connectivity index (χ3v) is 10.1. The molecule has 0 unspecified atom stereocenters. The summed E-state index contributed by atoms with van der Waals surface area (Å²) in [5.41, 5.74) is 8.00. The zero-order chi connectivity index (χ0) is 35.6. The molecular weight excluding hydrogens is 665 g/mol. The van der Waals surface area contributed by atoms with Gasteiger partial charge in [0, 0.05) is 16.9 Å². The number of carbonyl (C=O) groups is 1. The van der Waals surface area contributed by atoms with E-state index in [0.717, 1.165) is 39.3 Å². The summed E-state index contributed by atoms with van der Waals surface area (Å²) in [6.07, 6.45) is 1.96. The van der Waals surface area contributed by atoms with E-state index < -0.39 is 6.04 Å². The number of hydrogen-bond acceptors (Lipinski definition) is 5. The summed E-state index contributed by atoms with van der Waals surface area (Å²) >= 11 is 1.32. The Morgan fingerprint density at radius 1 is 0.788 bits per heavy atom. The van der Waals surface area contributed by atoms with Crippen molar-refractivity contribution >= 4 is 29.0 Å². The van der Waals surface area contributed by atoms with E-state index in [0.29, 0.717) is 32.0 Å². The van der Waals surface area contributed by atoms with Crippen molar-refractivity contribution in [2.24, 2.45) is 4.99 Å². The summed E-state index contributed by atoms with van der Waals surface area (Å²) in [4.78, 5) is 34.2. The van der Waals surface area contributed by atoms with Crippen LogP contribution in [-0.4, -0.2) is 22.2 Å². The summed E-state index contributed by atoms with van der Waals surface area (Å²) in [5.74, 6) is 0.300. The smallest absolute Gasteiger partial charge is 0.271 e. The zero-order valence-electron chi connectivity index (χ0n) is 28.6. The van der Waals surface area contributed by atoms with E-state index in [2.05, 4.69) is 52.3 Å². The highest BCUT2D eigenvalue weighted by atomic mass is 32.1. The molecule has 0 aliphatic carbocycles. The van der Waals surface area contributed by atoms with Crippen LogP contribution in [0.15, 0.2) is 173 Å². The minimum Gasteiger partial charge on any atom is -0.497 e. The van der Waals surface area contributed by atoms with Gasteiger partial charge in [0.15, 0.2) is 4.80 Å². The van der Waals surface area contributed by atoms with E-state index in [4.69, 9.17) is 9.73 Å². The molecule has 1 N–H and O–H groups in total. The summed E-state index contributed by atoms with van der Waals surface area (Å²) < 4.78 is 9.98. The highest BCUT2D eigenvalue weighted by Crippen LogP contribution is 2.37. The Morgan fingerprint density at radius 3 is 2.10 bits per heavy atom. The van der Waals surface area contributed by atoms with Crippen molar-refractivity contribution in [3.63, 3.8) is 0 Å². The first-order valence-corrected chi connectivity index (χ1v) is 17.8. The van der Waals surface area contributed by atoms with E-state index in [1.54, 1.807) is 11.7 Å². The number of anilines is 1. The van der Waals surface area contributed by atoms with Crippen molar-refractivity contribution in [2.75, 3.05) is 12.4 Å². The average molecular weight is 699 g/mol. The number of allylic oxidation sites excluding steroid dienone is 1. The Hall–Kier alpha value is -6.51. The molecule has 7 nitrogen and oxygen atoms in total. The molecule has 52 heavy (non-hydrogen) atoms. The highest BCUT2D eigenvalue weighted by molar-refractivity contribution is 7.07. The minimum absolute atomic E-state index is 0.234. The number of nitrogens with zero attached hydrogens (tertiary/aromatic N) is 3. The number of thiazole rings is 1. The molecule has 1 atom stereocenters. The third kappa shape index (κ3) is 6.10. The van der Waals surface area contributed by atoms with Gasteiger partial charge in [-0.1, -0.05) is 121 Å². The van der Waals surface area contributed by atoms with Crippen molar-refractivity contribution in [3.8, 4) is 34.0 Å². The number of hydrogen-bond donors (Lipinski definition) is 1. The van der Waals surface area contributed by atoms with Gasteiger partial charge in [0.05, 0.1) is 40.3 Å². The number of para-hydroxylation sites is 2. The van der Waals surface area contributed by atoms with Crippen molar-refractivity contribution in [1.29, 1.82) is 0 Å². The number of amides is 1. The Morgan fingerprint density at radius 2 is 1.42 bits per heavy atom. The van der Waals surface area contributed by atoms with Crippen LogP contribution in [0, 0.1) is 0 Å². The summed E-state index contributed by atoms with van der Waals surface area (Å²) in [6, 6.07) is 49.0. The van der Waals surface area contributed by atoms with Gasteiger partial charge in [-0.25, -0.2) is 4.99 Å². The van der Waals surface area contributed by atoms with Crippen LogP contribution in [-0.2, 0) is 4.79 Å². The second-order valence-electron chi connectivity index (χ2n) is 12.4. The number of carbonyl (C=O) groups excluding carboxylic acids is 1. The average Bonchev–Trinajstić information content (AvgIpc) is 3.72. The number of nitrogens with one attached hydrogen (secondary N) is 1. The SMILES string of the molecule is COc1cccc([C@@H]2C(C(=O)Nc3ccccc3)=C(C)N=c3s/c(=C\c4cc(-c5ccccc5)n(-c5ccccc5)c4-c4ccccc4)c(=O)n32)c1. The maximum absolute atomic E-state index is 14.8. The minimum atomic E-state index is -0.736. The number of benzene rings is 5. The monoisotopic (exact) mass is 698 g/mol. The first-order valence-electron chi connectivity index (χ1n) is 16.9. The largest absolute Gasteiger partial charge is 0.497 e. The van der Waals surface area contributed by atoms with Gasteiger partial charge in [-0.05, 0) is 72.2 Å². The Labute approximate surface area is 304 Å². The van der Waals surface area contributed by atoms with Crippen LogP contribution < -0.4 is 24.9 Å². The molecule has 0 radical (unpaired) electrons. The van der Waals surface area contributed by atoms with Crippen LogP contribution in [0.3, 0.4) is 0 Å². The highest BCUT2D eigenvalue weighted by Gasteiger charge is 2.33. The van der Waals surface area contributed by atoms with Gasteiger partial charge in [-0.15, -0.1) is 0 Å². The Kier molecular flexibility index (Phi) is 8.81. The molecule has 8 rings (SSSR count). The van der Waals surface area contributed by atoms with Crippen LogP contribution in [0.5, 0.6) is 5.75 Å². The van der Waals surface area contributed by atoms with E-state index in [-0.39, 0.29) is 11.5 Å². The summed E-state index contributed by atoms with van der Waals surface area (Å²) in [7, 11) is 1.60. The van der Waals surface area contributed by atoms with Gasteiger partial charge in [-0.2, -0.15) is 0 Å². The fourth-order valence-corrected chi connectivity index (χ4v) is 7.84. The van der Waals surface area contributed by atoms with Crippen molar-refractivity contribution in [2.45, 2.75) is 13.0 Å². The van der Waals surface area contributed by atoms with Crippen LogP contribution in [0.2, 0.25) is 0 Å². The first kappa shape index (κ1) is 32.7. The maximum Gasteiger partial charge on any atom is 0.271 e. The number of rotatable bonds is 8. The van der Waals surface area contributed by atoms with Crippen molar-refractivity contribution in [1.82, 2.24) is 9.13 Å². The van der Waals surface area contributed by atoms with Crippen LogP contribution in [0.25, 0.3) is 34.3 Å². The van der Waals surface area contributed by atoms with E-state index in [1.807, 2.05) is 122 Å². The third-order valence-electron chi connectivity index (χ3n) is 9.16. The standard InChI is InChI=1S/C44H34N4O3S/c1-29-39(42(49)46-34-21-11-5-12-22-34)41(32-20-15-25-36(26-32)51-2)48-43(50)38(52-44(48)45-29)28-33-27-37(30-16-7-3-8-17-30)47(35-23-13-6-14-24-35)40(33)31-18-9-4-10-19-31/h3-28,41H,1-2H3,(H,46,49)/b38-28-/t41-/m1/s1. The molecule has 1 aliphatic rings. The zero-order valence-corrected chi connectivity index (χ0v) is 29.4. The lowest BCUT2D eigenvalue weighted by Crippen LogP contribution is -2.40. The predicted molar refractivity (Wildman–Crippen MR) is 208 cm³/mol. The fourth-order valence-electron chi connectivity index (χ4n) is 6.80. The molecule has 1 amide bonds. The Balaban J connectivity index is 1.36. The molecule has 0 saturated heterocycles. The molecule has 8 heteroatoms. The Bertz CT molecular complexity index is 2630. The van der Waals surface area contributed by atoms with Gasteiger partial charge in [-0.3, -0.25) is 14.2 Å². The van der Waals surface area contributed by atoms with E-state index in [9.17, 15) is 9.59 Å². The van der Waals surface area contributed by atoms with Gasteiger partial charge in [0.2, 0.25) is 0 Å². The number of ether oxygens (including phenoxy) is 1. The normalized spacial score (nSPS) is 14.1. The molecule has 2 aromatic heterocycles. The second-order valence-corrected chi connectivity index (χ2v) is 13.4. The first-order chi connectivity index (χ1) is 25.5. The van der Waals surface area contributed by atoms with E-state index >= 15 is 0 Å². The molecule has 1 aliphatic heterocycles. The lowest BCUT2D eigenvalue weighted by Gasteiger charge is -2.25. The molecule has 0 saturated carbocycles. The predicted octanol–water partition coefficient (Wildman–Crippen LogP) is 8.01. The topological polar surface area (TPSA) is 77.6 Å². The van der Waals surface area contributed by atoms with Gasteiger partial charge in [0.1, 0.15) is 5.75 Å². The molecule has 254 valence electrons. The molecule has 0 bridgehead atoms. The summed E-state index contributed by atoms with van der Waals surface area (Å²) in [6.45, 7) is 1.82. The molecule has 5 aromatic carbocycles. The molecule has 0 spiro atoms. The lowest BCUT2D eigenvalue weighted by atomic mass is 9.95. The molecular formula is C44H34N4O3S. The van der Waals surface area contributed by atoms with Gasteiger partial charge in [0.25, 0.3) is 11.5 Å². The van der Waals surface area contributed by atoms with Gasteiger partial charge >= 0.3 is 0 Å². The van der Waals surface area contributed by atoms with Crippen LogP contribution in [0.1, 0.15) is 24.1 Å². The molecule has 7 aromatic rings. The number of methoxy groups -OCH3 is 1. The lowest BCUT2D eigenvalue weighted by molar-refractivity contribution is -0.113. The number of fused-ring (bicyclic) bond motifs is 1. The van der Waals surface area contributed by atoms with E-state index in [1.165, 1.54) is 11.3 Å². The molecule has 3 heterocycles. The van der Waals surface area contributed by atoms with Crippen LogP contribution >= 0.6 is 11.3 Å². The van der Waals surface area contributed by atoms with Crippen molar-refractivity contribution < 1.29 is 9.53 Å². The van der Waals surface area contributed by atoms with Gasteiger partial charge < -0.3 is 14.6 Å². The quantitative estimate of drug-likeness (QED) is 0.175. The van der Waals surface area contributed by atoms with Crippen molar-refractivity contribution in [3.05, 3.63) is 194 Å². The molecule has 0 fully saturated rings. The second kappa shape index (κ2) is 14.0. The fraction of sp³-hybridized carbons (Fsp3) is 0.0682. The maximum atomic E-state index is 14.8.